The number of oxime groups is 1. The Bertz CT molecular complexity index is 471. The van der Waals surface area contributed by atoms with Crippen molar-refractivity contribution in [1.82, 2.24) is 4.90 Å². The van der Waals surface area contributed by atoms with Gasteiger partial charge in [0.05, 0.1) is 5.56 Å². The Morgan fingerprint density at radius 3 is 2.79 bits per heavy atom. The van der Waals surface area contributed by atoms with Crippen LogP contribution in [-0.2, 0) is 0 Å². The number of nitrogens with zero attached hydrogens (tertiary/aromatic N) is 2. The van der Waals surface area contributed by atoms with Crippen molar-refractivity contribution in [2.45, 2.75) is 18.9 Å². The number of amidine groups is 1. The summed E-state index contributed by atoms with van der Waals surface area (Å²) in [5, 5.41) is 11.9. The second kappa shape index (κ2) is 6.25. The molecule has 0 radical (unpaired) electrons. The first-order chi connectivity index (χ1) is 9.10. The lowest BCUT2D eigenvalue weighted by Crippen LogP contribution is -2.36. The van der Waals surface area contributed by atoms with E-state index in [0.717, 1.165) is 30.4 Å². The first-order valence-electron chi connectivity index (χ1n) is 6.23. The van der Waals surface area contributed by atoms with Crippen LogP contribution in [0.1, 0.15) is 18.4 Å². The Hall–Kier alpha value is -1.27. The predicted octanol–water partition coefficient (Wildman–Crippen LogP) is 2.02. The lowest BCUT2D eigenvalue weighted by molar-refractivity contribution is 0.114. The van der Waals surface area contributed by atoms with Crippen LogP contribution in [0.3, 0.4) is 0 Å². The molecule has 0 bridgehead atoms. The third-order valence-corrected chi connectivity index (χ3v) is 3.78. The molecule has 1 aromatic carbocycles. The number of piperidine rings is 1. The van der Waals surface area contributed by atoms with Crippen molar-refractivity contribution in [3.63, 3.8) is 0 Å². The number of ether oxygens (including phenoxy) is 1. The van der Waals surface area contributed by atoms with E-state index in [-0.39, 0.29) is 11.9 Å². The normalized spacial score (nSPS) is 18.5. The van der Waals surface area contributed by atoms with Crippen LogP contribution in [0, 0.1) is 0 Å². The van der Waals surface area contributed by atoms with E-state index >= 15 is 0 Å². The van der Waals surface area contributed by atoms with Crippen molar-refractivity contribution in [1.29, 1.82) is 0 Å². The monoisotopic (exact) mass is 327 g/mol. The molecule has 0 unspecified atom stereocenters. The van der Waals surface area contributed by atoms with Crippen LogP contribution in [0.4, 0.5) is 0 Å². The fourth-order valence-electron chi connectivity index (χ4n) is 2.14. The predicted molar refractivity (Wildman–Crippen MR) is 77.8 cm³/mol. The standard InChI is InChI=1S/C13H18BrN3O2/c1-17-6-4-10(5-7-17)19-12-3-2-9(14)8-11(12)13(15)16-18/h2-3,8,10,18H,4-7H2,1H3,(H2,15,16). The summed E-state index contributed by atoms with van der Waals surface area (Å²) in [6.07, 6.45) is 2.16. The lowest BCUT2D eigenvalue weighted by atomic mass is 10.1. The molecule has 1 fully saturated rings. The van der Waals surface area contributed by atoms with Gasteiger partial charge in [-0.1, -0.05) is 21.1 Å². The van der Waals surface area contributed by atoms with Crippen LogP contribution >= 0.6 is 15.9 Å². The summed E-state index contributed by atoms with van der Waals surface area (Å²) in [6, 6.07) is 5.52. The number of rotatable bonds is 3. The van der Waals surface area contributed by atoms with Gasteiger partial charge >= 0.3 is 0 Å². The SMILES string of the molecule is CN1CCC(Oc2ccc(Br)cc2/C(N)=N/O)CC1. The topological polar surface area (TPSA) is 71.1 Å². The van der Waals surface area contributed by atoms with Gasteiger partial charge in [-0.2, -0.15) is 0 Å². The molecule has 1 aliphatic heterocycles. The molecule has 1 saturated heterocycles. The highest BCUT2D eigenvalue weighted by molar-refractivity contribution is 9.10. The number of likely N-dealkylation sites (tertiary alicyclic amines) is 1. The van der Waals surface area contributed by atoms with Crippen LogP contribution in [0.2, 0.25) is 0 Å². The van der Waals surface area contributed by atoms with E-state index in [4.69, 9.17) is 15.7 Å². The fraction of sp³-hybridized carbons (Fsp3) is 0.462. The van der Waals surface area contributed by atoms with E-state index in [1.807, 2.05) is 12.1 Å². The molecule has 3 N–H and O–H groups in total. The summed E-state index contributed by atoms with van der Waals surface area (Å²) >= 11 is 3.37. The van der Waals surface area contributed by atoms with Gasteiger partial charge in [0.2, 0.25) is 0 Å². The van der Waals surface area contributed by atoms with E-state index in [2.05, 4.69) is 33.0 Å². The summed E-state index contributed by atoms with van der Waals surface area (Å²) in [7, 11) is 2.11. The Labute approximate surface area is 121 Å². The van der Waals surface area contributed by atoms with Gasteiger partial charge in [-0.05, 0) is 38.1 Å². The number of hydrogen-bond acceptors (Lipinski definition) is 4. The minimum absolute atomic E-state index is 0.0595. The van der Waals surface area contributed by atoms with Gasteiger partial charge in [0.25, 0.3) is 0 Å². The molecule has 0 amide bonds. The minimum atomic E-state index is 0.0595. The quantitative estimate of drug-likeness (QED) is 0.385. The summed E-state index contributed by atoms with van der Waals surface area (Å²) in [6.45, 7) is 2.06. The Morgan fingerprint density at radius 2 is 2.16 bits per heavy atom. The van der Waals surface area contributed by atoms with Crippen molar-refractivity contribution >= 4 is 21.8 Å². The molecule has 1 aromatic rings. The fourth-order valence-corrected chi connectivity index (χ4v) is 2.50. The first kappa shape index (κ1) is 14.1. The molecule has 5 nitrogen and oxygen atoms in total. The maximum Gasteiger partial charge on any atom is 0.173 e. The molecule has 0 aliphatic carbocycles. The van der Waals surface area contributed by atoms with E-state index in [1.54, 1.807) is 6.07 Å². The molecule has 0 aromatic heterocycles. The van der Waals surface area contributed by atoms with Gasteiger partial charge in [0.15, 0.2) is 5.84 Å². The second-order valence-electron chi connectivity index (χ2n) is 4.75. The summed E-state index contributed by atoms with van der Waals surface area (Å²) < 4.78 is 6.86. The molecule has 6 heteroatoms. The molecular formula is C13H18BrN3O2. The van der Waals surface area contributed by atoms with Crippen molar-refractivity contribution in [2.75, 3.05) is 20.1 Å². The zero-order valence-electron chi connectivity index (χ0n) is 10.8. The summed E-state index contributed by atoms with van der Waals surface area (Å²) in [4.78, 5) is 2.28. The van der Waals surface area contributed by atoms with Crippen molar-refractivity contribution in [3.8, 4) is 5.75 Å². The maximum atomic E-state index is 8.83. The van der Waals surface area contributed by atoms with Crippen LogP contribution in [0.25, 0.3) is 0 Å². The molecule has 104 valence electrons. The summed E-state index contributed by atoms with van der Waals surface area (Å²) in [5.41, 5.74) is 6.29. The van der Waals surface area contributed by atoms with Crippen LogP contribution < -0.4 is 10.5 Å². The van der Waals surface area contributed by atoms with Gasteiger partial charge < -0.3 is 20.6 Å². The molecule has 2 rings (SSSR count). The number of nitrogens with two attached hydrogens (primary N) is 1. The second-order valence-corrected chi connectivity index (χ2v) is 5.66. The van der Waals surface area contributed by atoms with Gasteiger partial charge in [-0.3, -0.25) is 0 Å². The number of hydrogen-bond donors (Lipinski definition) is 2. The van der Waals surface area contributed by atoms with E-state index < -0.39 is 0 Å². The van der Waals surface area contributed by atoms with Crippen molar-refractivity contribution in [3.05, 3.63) is 28.2 Å². The van der Waals surface area contributed by atoms with E-state index in [9.17, 15) is 0 Å². The molecule has 0 saturated carbocycles. The van der Waals surface area contributed by atoms with Gasteiger partial charge in [-0.15, -0.1) is 0 Å². The largest absolute Gasteiger partial charge is 0.490 e. The Morgan fingerprint density at radius 1 is 1.47 bits per heavy atom. The van der Waals surface area contributed by atoms with Crippen molar-refractivity contribution in [2.24, 2.45) is 10.9 Å². The summed E-state index contributed by atoms with van der Waals surface area (Å²) in [5.74, 6) is 0.720. The maximum absolute atomic E-state index is 8.83. The average Bonchev–Trinajstić information content (AvgIpc) is 2.42. The van der Waals surface area contributed by atoms with E-state index in [0.29, 0.717) is 11.3 Å². The highest BCUT2D eigenvalue weighted by Gasteiger charge is 2.20. The zero-order chi connectivity index (χ0) is 13.8. The number of benzene rings is 1. The minimum Gasteiger partial charge on any atom is -0.490 e. The van der Waals surface area contributed by atoms with Gasteiger partial charge in [0, 0.05) is 17.6 Å². The molecular weight excluding hydrogens is 310 g/mol. The molecule has 1 aliphatic rings. The smallest absolute Gasteiger partial charge is 0.173 e. The first-order valence-corrected chi connectivity index (χ1v) is 7.02. The highest BCUT2D eigenvalue weighted by Crippen LogP contribution is 2.26. The third kappa shape index (κ3) is 3.61. The zero-order valence-corrected chi connectivity index (χ0v) is 12.4. The highest BCUT2D eigenvalue weighted by atomic mass is 79.9. The van der Waals surface area contributed by atoms with Gasteiger partial charge in [0.1, 0.15) is 11.9 Å². The molecule has 19 heavy (non-hydrogen) atoms. The Kier molecular flexibility index (Phi) is 4.66. The van der Waals surface area contributed by atoms with Crippen LogP contribution in [0.15, 0.2) is 27.8 Å². The van der Waals surface area contributed by atoms with Crippen LogP contribution in [-0.4, -0.2) is 42.2 Å². The van der Waals surface area contributed by atoms with Crippen molar-refractivity contribution < 1.29 is 9.94 Å². The molecule has 0 spiro atoms. The van der Waals surface area contributed by atoms with Gasteiger partial charge in [-0.25, -0.2) is 0 Å². The van der Waals surface area contributed by atoms with E-state index in [1.165, 1.54) is 0 Å². The van der Waals surface area contributed by atoms with Crippen LogP contribution in [0.5, 0.6) is 5.75 Å². The number of halogens is 1. The molecule has 0 atom stereocenters. The Balaban J connectivity index is 2.15. The lowest BCUT2D eigenvalue weighted by Gasteiger charge is -2.29. The molecule has 1 heterocycles. The average molecular weight is 328 g/mol. The third-order valence-electron chi connectivity index (χ3n) is 3.28.